The van der Waals surface area contributed by atoms with Crippen LogP contribution in [0.3, 0.4) is 0 Å². The van der Waals surface area contributed by atoms with Crippen LogP contribution < -0.4 is 11.5 Å². The summed E-state index contributed by atoms with van der Waals surface area (Å²) in [5.74, 6) is -0.166. The second kappa shape index (κ2) is 10.2. The van der Waals surface area contributed by atoms with Crippen molar-refractivity contribution in [2.45, 2.75) is 80.6 Å². The largest absolute Gasteiger partial charge is 0.369 e. The predicted molar refractivity (Wildman–Crippen MR) is 89.4 cm³/mol. The Morgan fingerprint density at radius 3 is 1.75 bits per heavy atom. The molecule has 0 fully saturated rings. The van der Waals surface area contributed by atoms with E-state index in [0.717, 1.165) is 25.8 Å². The van der Waals surface area contributed by atoms with Gasteiger partial charge in [-0.15, -0.1) is 0 Å². The second-order valence-corrected chi connectivity index (χ2v) is 7.60. The molecule has 3 nitrogen and oxygen atoms in total. The maximum absolute atomic E-state index is 11.5. The van der Waals surface area contributed by atoms with Crippen LogP contribution in [-0.4, -0.2) is 12.5 Å². The normalized spacial score (nSPS) is 13.4. The third-order valence-corrected chi connectivity index (χ3v) is 3.56. The molecule has 0 aliphatic carbocycles. The van der Waals surface area contributed by atoms with Gasteiger partial charge in [0, 0.05) is 5.92 Å². The summed E-state index contributed by atoms with van der Waals surface area (Å²) in [6.07, 6.45) is 5.41. The van der Waals surface area contributed by atoms with Crippen molar-refractivity contribution in [3.05, 3.63) is 0 Å². The summed E-state index contributed by atoms with van der Waals surface area (Å²) in [4.78, 5) is 11.5. The van der Waals surface area contributed by atoms with Gasteiger partial charge in [-0.05, 0) is 36.6 Å². The quantitative estimate of drug-likeness (QED) is 0.740. The first-order chi connectivity index (χ1) is 9.01. The number of nitrogens with two attached hydrogens (primary N) is 2. The first-order valence-electron chi connectivity index (χ1n) is 8.01. The molecule has 0 heterocycles. The van der Waals surface area contributed by atoms with E-state index in [4.69, 9.17) is 11.5 Å². The van der Waals surface area contributed by atoms with Crippen molar-refractivity contribution in [3.8, 4) is 0 Å². The highest BCUT2D eigenvalue weighted by atomic mass is 16.1. The summed E-state index contributed by atoms with van der Waals surface area (Å²) in [6, 6.07) is 0. The highest BCUT2D eigenvalue weighted by Crippen LogP contribution is 2.39. The molecule has 1 atom stereocenters. The van der Waals surface area contributed by atoms with Crippen molar-refractivity contribution >= 4 is 5.91 Å². The second-order valence-electron chi connectivity index (χ2n) is 7.60. The first-order valence-corrected chi connectivity index (χ1v) is 8.01. The Kier molecular flexibility index (Phi) is 11.1. The third-order valence-electron chi connectivity index (χ3n) is 3.56. The lowest BCUT2D eigenvalue weighted by Gasteiger charge is -2.36. The minimum absolute atomic E-state index is 0.0163. The van der Waals surface area contributed by atoms with Crippen molar-refractivity contribution < 1.29 is 4.79 Å². The highest BCUT2D eigenvalue weighted by Gasteiger charge is 2.35. The van der Waals surface area contributed by atoms with Crippen molar-refractivity contribution in [1.82, 2.24) is 0 Å². The van der Waals surface area contributed by atoms with Crippen LogP contribution in [0.1, 0.15) is 80.6 Å². The predicted octanol–water partition coefficient (Wildman–Crippen LogP) is 4.10. The fraction of sp³-hybridized carbons (Fsp3) is 0.941. The summed E-state index contributed by atoms with van der Waals surface area (Å²) in [5, 5.41) is 0. The van der Waals surface area contributed by atoms with E-state index in [0.29, 0.717) is 0 Å². The minimum atomic E-state index is -0.150. The molecule has 0 aromatic rings. The lowest BCUT2D eigenvalue weighted by molar-refractivity contribution is -0.126. The molecule has 0 aromatic carbocycles. The van der Waals surface area contributed by atoms with Gasteiger partial charge in [0.05, 0.1) is 0 Å². The number of primary amides is 1. The van der Waals surface area contributed by atoms with Crippen LogP contribution in [0.15, 0.2) is 0 Å². The molecule has 1 unspecified atom stereocenters. The number of rotatable bonds is 7. The van der Waals surface area contributed by atoms with E-state index in [1.54, 1.807) is 0 Å². The number of hydrogen-bond donors (Lipinski definition) is 2. The number of hydrogen-bond acceptors (Lipinski definition) is 2. The van der Waals surface area contributed by atoms with Gasteiger partial charge < -0.3 is 11.5 Å². The van der Waals surface area contributed by atoms with Gasteiger partial charge in [-0.25, -0.2) is 0 Å². The summed E-state index contributed by atoms with van der Waals surface area (Å²) in [6.45, 7) is 15.9. The van der Waals surface area contributed by atoms with Crippen molar-refractivity contribution in [1.29, 1.82) is 0 Å². The van der Waals surface area contributed by atoms with E-state index in [-0.39, 0.29) is 22.7 Å². The maximum Gasteiger partial charge on any atom is 0.221 e. The molecular formula is C17H38N2O. The highest BCUT2D eigenvalue weighted by molar-refractivity contribution is 5.77. The fourth-order valence-corrected chi connectivity index (χ4v) is 2.40. The van der Waals surface area contributed by atoms with Crippen molar-refractivity contribution in [2.24, 2.45) is 28.2 Å². The SMILES string of the molecule is CCCC(C)(C)C(CC(C)(C)C)C(N)=O.CCCCN. The zero-order valence-electron chi connectivity index (χ0n) is 14.9. The summed E-state index contributed by atoms with van der Waals surface area (Å²) in [7, 11) is 0. The molecule has 4 N–H and O–H groups in total. The van der Waals surface area contributed by atoms with Crippen LogP contribution in [-0.2, 0) is 4.79 Å². The van der Waals surface area contributed by atoms with Gasteiger partial charge in [0.25, 0.3) is 0 Å². The fourth-order valence-electron chi connectivity index (χ4n) is 2.40. The Morgan fingerprint density at radius 2 is 1.55 bits per heavy atom. The average Bonchev–Trinajstić information content (AvgIpc) is 2.26. The molecule has 122 valence electrons. The number of carbonyl (C=O) groups is 1. The number of unbranched alkanes of at least 4 members (excludes halogenated alkanes) is 1. The average molecular weight is 287 g/mol. The van der Waals surface area contributed by atoms with Gasteiger partial charge in [0.15, 0.2) is 0 Å². The number of amides is 1. The van der Waals surface area contributed by atoms with Crippen molar-refractivity contribution in [2.75, 3.05) is 6.54 Å². The van der Waals surface area contributed by atoms with Gasteiger partial charge in [0.1, 0.15) is 0 Å². The first kappa shape index (κ1) is 21.7. The Labute approximate surface area is 126 Å². The zero-order chi connectivity index (χ0) is 16.4. The van der Waals surface area contributed by atoms with Crippen LogP contribution >= 0.6 is 0 Å². The van der Waals surface area contributed by atoms with Gasteiger partial charge in [-0.1, -0.05) is 61.3 Å². The zero-order valence-corrected chi connectivity index (χ0v) is 14.9. The molecule has 0 bridgehead atoms. The summed E-state index contributed by atoms with van der Waals surface area (Å²) >= 11 is 0. The van der Waals surface area contributed by atoms with Gasteiger partial charge in [0.2, 0.25) is 5.91 Å². The molecule has 0 rings (SSSR count). The third kappa shape index (κ3) is 11.3. The van der Waals surface area contributed by atoms with E-state index >= 15 is 0 Å². The van der Waals surface area contributed by atoms with Gasteiger partial charge in [-0.2, -0.15) is 0 Å². The molecule has 3 heteroatoms. The molecule has 0 saturated carbocycles. The van der Waals surface area contributed by atoms with Crippen LogP contribution in [0.4, 0.5) is 0 Å². The lowest BCUT2D eigenvalue weighted by Crippen LogP contribution is -2.38. The van der Waals surface area contributed by atoms with Crippen LogP contribution in [0.25, 0.3) is 0 Å². The lowest BCUT2D eigenvalue weighted by atomic mass is 9.69. The Morgan fingerprint density at radius 1 is 1.05 bits per heavy atom. The Balaban J connectivity index is 0. The van der Waals surface area contributed by atoms with Crippen LogP contribution in [0, 0.1) is 16.7 Å². The molecule has 20 heavy (non-hydrogen) atoms. The van der Waals surface area contributed by atoms with Gasteiger partial charge in [-0.3, -0.25) is 4.79 Å². The molecule has 0 spiro atoms. The standard InChI is InChI=1S/C13H27NO.C4H11N/c1-7-8-13(5,6)10(11(14)15)9-12(2,3)4;1-2-3-4-5/h10H,7-9H2,1-6H3,(H2,14,15);2-5H2,1H3. The molecule has 0 radical (unpaired) electrons. The molecule has 0 saturated heterocycles. The molecule has 1 amide bonds. The Bertz CT molecular complexity index is 252. The van der Waals surface area contributed by atoms with E-state index in [2.05, 4.69) is 48.5 Å². The van der Waals surface area contributed by atoms with Gasteiger partial charge >= 0.3 is 0 Å². The van der Waals surface area contributed by atoms with Crippen LogP contribution in [0.5, 0.6) is 0 Å². The summed E-state index contributed by atoms with van der Waals surface area (Å²) < 4.78 is 0. The topological polar surface area (TPSA) is 69.1 Å². The molecule has 0 aliphatic rings. The van der Waals surface area contributed by atoms with Crippen LogP contribution in [0.2, 0.25) is 0 Å². The molecular weight excluding hydrogens is 248 g/mol. The molecule has 0 aliphatic heterocycles. The Hall–Kier alpha value is -0.570. The van der Waals surface area contributed by atoms with E-state index in [9.17, 15) is 4.79 Å². The molecule has 0 aromatic heterocycles. The van der Waals surface area contributed by atoms with E-state index < -0.39 is 0 Å². The number of carbonyl (C=O) groups excluding carboxylic acids is 1. The summed E-state index contributed by atoms with van der Waals surface area (Å²) in [5.41, 5.74) is 10.8. The van der Waals surface area contributed by atoms with E-state index in [1.165, 1.54) is 12.8 Å². The maximum atomic E-state index is 11.5. The minimum Gasteiger partial charge on any atom is -0.369 e. The monoisotopic (exact) mass is 286 g/mol. The van der Waals surface area contributed by atoms with Crippen molar-refractivity contribution in [3.63, 3.8) is 0 Å². The van der Waals surface area contributed by atoms with E-state index in [1.807, 2.05) is 0 Å². The smallest absolute Gasteiger partial charge is 0.221 e.